The molecule has 5 heterocycles. The van der Waals surface area contributed by atoms with Crippen molar-refractivity contribution in [3.63, 3.8) is 0 Å². The van der Waals surface area contributed by atoms with Gasteiger partial charge in [0.25, 0.3) is 5.56 Å². The van der Waals surface area contributed by atoms with E-state index in [9.17, 15) is 14.4 Å². The molecule has 1 saturated heterocycles. The van der Waals surface area contributed by atoms with Crippen LogP contribution >= 0.6 is 34.0 Å². The van der Waals surface area contributed by atoms with Crippen LogP contribution in [0.2, 0.25) is 0 Å². The number of carbonyl (C=O) groups excluding carboxylic acids is 2. The lowest BCUT2D eigenvalue weighted by molar-refractivity contribution is -0.135. The van der Waals surface area contributed by atoms with Crippen molar-refractivity contribution in [3.05, 3.63) is 50.6 Å². The molecule has 5 rings (SSSR count). The number of fused-ring (bicyclic) bond motifs is 1. The first-order chi connectivity index (χ1) is 16.0. The van der Waals surface area contributed by atoms with Crippen LogP contribution in [0.4, 0.5) is 5.13 Å². The van der Waals surface area contributed by atoms with Gasteiger partial charge in [-0.1, -0.05) is 6.07 Å². The Labute approximate surface area is 201 Å². The number of thiazole rings is 1. The molecule has 33 heavy (non-hydrogen) atoms. The van der Waals surface area contributed by atoms with Crippen molar-refractivity contribution in [1.82, 2.24) is 19.4 Å². The number of aryl methyl sites for hydroxylation is 1. The van der Waals surface area contributed by atoms with E-state index in [-0.39, 0.29) is 29.8 Å². The van der Waals surface area contributed by atoms with Gasteiger partial charge in [-0.3, -0.25) is 19.0 Å². The predicted molar refractivity (Wildman–Crippen MR) is 132 cm³/mol. The van der Waals surface area contributed by atoms with Gasteiger partial charge in [0.1, 0.15) is 11.4 Å². The lowest BCUT2D eigenvalue weighted by Crippen LogP contribution is -2.43. The Kier molecular flexibility index (Phi) is 6.09. The van der Waals surface area contributed by atoms with E-state index in [1.165, 1.54) is 33.6 Å². The van der Waals surface area contributed by atoms with Crippen LogP contribution in [0.25, 0.3) is 20.7 Å². The molecule has 4 aromatic heterocycles. The van der Waals surface area contributed by atoms with Gasteiger partial charge in [-0.25, -0.2) is 9.97 Å². The van der Waals surface area contributed by atoms with Gasteiger partial charge in [-0.15, -0.1) is 34.0 Å². The van der Waals surface area contributed by atoms with Crippen LogP contribution in [0.1, 0.15) is 18.5 Å². The lowest BCUT2D eigenvalue weighted by Gasteiger charge is -2.31. The minimum Gasteiger partial charge on any atom is -0.341 e. The maximum Gasteiger partial charge on any atom is 0.263 e. The molecule has 1 N–H and O–H groups in total. The Morgan fingerprint density at radius 3 is 2.70 bits per heavy atom. The highest BCUT2D eigenvalue weighted by atomic mass is 32.1. The Bertz CT molecular complexity index is 1360. The average Bonchev–Trinajstić information content (AvgIpc) is 3.57. The fourth-order valence-corrected chi connectivity index (χ4v) is 6.36. The number of piperidine rings is 1. The molecule has 0 aliphatic carbocycles. The first-order valence-electron chi connectivity index (χ1n) is 10.5. The van der Waals surface area contributed by atoms with Crippen LogP contribution in [0.5, 0.6) is 0 Å². The van der Waals surface area contributed by atoms with Crippen molar-refractivity contribution >= 4 is 61.2 Å². The molecule has 11 heteroatoms. The third-order valence-corrected chi connectivity index (χ3v) is 8.39. The molecule has 0 spiro atoms. The zero-order chi connectivity index (χ0) is 22.9. The van der Waals surface area contributed by atoms with Gasteiger partial charge in [0.05, 0.1) is 17.4 Å². The lowest BCUT2D eigenvalue weighted by atomic mass is 9.96. The maximum absolute atomic E-state index is 13.1. The quantitative estimate of drug-likeness (QED) is 0.450. The van der Waals surface area contributed by atoms with Gasteiger partial charge >= 0.3 is 0 Å². The monoisotopic (exact) mass is 499 g/mol. The summed E-state index contributed by atoms with van der Waals surface area (Å²) in [5, 5.41) is 9.84. The van der Waals surface area contributed by atoms with E-state index < -0.39 is 0 Å². The number of likely N-dealkylation sites (tertiary alicyclic amines) is 1. The molecule has 1 aliphatic rings. The number of aromatic nitrogens is 3. The highest BCUT2D eigenvalue weighted by Gasteiger charge is 2.28. The second kappa shape index (κ2) is 9.16. The molecule has 0 bridgehead atoms. The summed E-state index contributed by atoms with van der Waals surface area (Å²) in [5.41, 5.74) is 1.54. The van der Waals surface area contributed by atoms with Crippen LogP contribution in [0, 0.1) is 12.8 Å². The number of thiophene rings is 2. The third kappa shape index (κ3) is 4.48. The van der Waals surface area contributed by atoms with Crippen molar-refractivity contribution in [2.75, 3.05) is 18.4 Å². The number of hydrogen-bond donors (Lipinski definition) is 1. The molecule has 0 atom stereocenters. The van der Waals surface area contributed by atoms with Crippen molar-refractivity contribution in [1.29, 1.82) is 0 Å². The number of rotatable bonds is 5. The molecule has 4 aromatic rings. The summed E-state index contributed by atoms with van der Waals surface area (Å²) in [7, 11) is 0. The Morgan fingerprint density at radius 2 is 2.00 bits per heavy atom. The van der Waals surface area contributed by atoms with E-state index in [0.717, 1.165) is 16.1 Å². The van der Waals surface area contributed by atoms with Crippen LogP contribution in [0.15, 0.2) is 39.4 Å². The summed E-state index contributed by atoms with van der Waals surface area (Å²) in [4.78, 5) is 50.7. The van der Waals surface area contributed by atoms with Crippen molar-refractivity contribution in [2.24, 2.45) is 5.92 Å². The molecule has 0 unspecified atom stereocenters. The molecule has 0 radical (unpaired) electrons. The fourth-order valence-electron chi connectivity index (χ4n) is 3.95. The summed E-state index contributed by atoms with van der Waals surface area (Å²) in [5.74, 6) is -0.348. The summed E-state index contributed by atoms with van der Waals surface area (Å²) in [6, 6.07) is 3.92. The summed E-state index contributed by atoms with van der Waals surface area (Å²) < 4.78 is 1.39. The van der Waals surface area contributed by atoms with Crippen molar-refractivity contribution in [2.45, 2.75) is 26.3 Å². The zero-order valence-electron chi connectivity index (χ0n) is 17.8. The molecule has 0 aromatic carbocycles. The molecule has 1 fully saturated rings. The standard InChI is InChI=1S/C22H21N5O3S3/c1-13-10-33-22(24-13)25-19(29)14-4-6-26(7-5-14)17(28)9-27-12-23-20-18(21(27)30)15(11-32-20)16-3-2-8-31-16/h2-3,8,10-12,14H,4-7,9H2,1H3,(H,24,25,29). The van der Waals surface area contributed by atoms with E-state index >= 15 is 0 Å². The highest BCUT2D eigenvalue weighted by Crippen LogP contribution is 2.33. The minimum atomic E-state index is -0.203. The Hall–Kier alpha value is -2.89. The average molecular weight is 500 g/mol. The van der Waals surface area contributed by atoms with Crippen molar-refractivity contribution < 1.29 is 9.59 Å². The van der Waals surface area contributed by atoms with Crippen LogP contribution in [0.3, 0.4) is 0 Å². The topological polar surface area (TPSA) is 97.2 Å². The molecule has 170 valence electrons. The number of amides is 2. The number of nitrogens with zero attached hydrogens (tertiary/aromatic N) is 4. The predicted octanol–water partition coefficient (Wildman–Crippen LogP) is 3.83. The van der Waals surface area contributed by atoms with E-state index in [0.29, 0.717) is 41.3 Å². The van der Waals surface area contributed by atoms with Crippen LogP contribution in [-0.4, -0.2) is 44.3 Å². The summed E-state index contributed by atoms with van der Waals surface area (Å²) >= 11 is 4.41. The maximum atomic E-state index is 13.1. The molecular formula is C22H21N5O3S3. The van der Waals surface area contributed by atoms with Gasteiger partial charge < -0.3 is 10.2 Å². The van der Waals surface area contributed by atoms with Crippen molar-refractivity contribution in [3.8, 4) is 10.4 Å². The Balaban J connectivity index is 1.24. The van der Waals surface area contributed by atoms with E-state index in [1.54, 1.807) is 16.2 Å². The number of nitrogens with one attached hydrogen (secondary N) is 1. The van der Waals surface area contributed by atoms with Gasteiger partial charge in [0, 0.05) is 40.2 Å². The number of carbonyl (C=O) groups is 2. The normalized spacial score (nSPS) is 14.6. The number of hydrogen-bond acceptors (Lipinski definition) is 8. The second-order valence-electron chi connectivity index (χ2n) is 7.92. The van der Waals surface area contributed by atoms with Gasteiger partial charge in [0.15, 0.2) is 5.13 Å². The molecule has 0 saturated carbocycles. The smallest absolute Gasteiger partial charge is 0.263 e. The second-order valence-corrected chi connectivity index (χ2v) is 10.6. The zero-order valence-corrected chi connectivity index (χ0v) is 20.3. The van der Waals surface area contributed by atoms with Gasteiger partial charge in [-0.2, -0.15) is 0 Å². The Morgan fingerprint density at radius 1 is 1.18 bits per heavy atom. The third-order valence-electron chi connectivity index (χ3n) is 5.72. The minimum absolute atomic E-state index is 0.0547. The van der Waals surface area contributed by atoms with E-state index in [2.05, 4.69) is 15.3 Å². The summed E-state index contributed by atoms with van der Waals surface area (Å²) in [6.45, 7) is 2.79. The summed E-state index contributed by atoms with van der Waals surface area (Å²) in [6.07, 6.45) is 2.62. The van der Waals surface area contributed by atoms with Gasteiger partial charge in [0.2, 0.25) is 11.8 Å². The fraction of sp³-hybridized carbons (Fsp3) is 0.318. The molecule has 2 amide bonds. The first-order valence-corrected chi connectivity index (χ1v) is 13.1. The van der Waals surface area contributed by atoms with Crippen LogP contribution in [-0.2, 0) is 16.1 Å². The molecule has 8 nitrogen and oxygen atoms in total. The highest BCUT2D eigenvalue weighted by molar-refractivity contribution is 7.18. The van der Waals surface area contributed by atoms with Gasteiger partial charge in [-0.05, 0) is 31.2 Å². The van der Waals surface area contributed by atoms with E-state index in [4.69, 9.17) is 0 Å². The first kappa shape index (κ1) is 21.9. The van der Waals surface area contributed by atoms with E-state index in [1.807, 2.05) is 35.2 Å². The SMILES string of the molecule is Cc1csc(NC(=O)C2CCN(C(=O)Cn3cnc4scc(-c5cccs5)c4c3=O)CC2)n1. The molecular weight excluding hydrogens is 478 g/mol. The number of anilines is 1. The molecule has 1 aliphatic heterocycles. The largest absolute Gasteiger partial charge is 0.341 e. The van der Waals surface area contributed by atoms with Crippen LogP contribution < -0.4 is 10.9 Å².